The van der Waals surface area contributed by atoms with Crippen LogP contribution in [0.15, 0.2) is 79.4 Å². The molecule has 0 atom stereocenters. The van der Waals surface area contributed by atoms with Crippen LogP contribution in [0.1, 0.15) is 24.8 Å². The van der Waals surface area contributed by atoms with Gasteiger partial charge in [-0.3, -0.25) is 4.84 Å². The Bertz CT molecular complexity index is 1430. The minimum atomic E-state index is -0.268. The van der Waals surface area contributed by atoms with Gasteiger partial charge in [-0.15, -0.1) is 0 Å². The van der Waals surface area contributed by atoms with Gasteiger partial charge in [-0.1, -0.05) is 48.6 Å². The Kier molecular flexibility index (Phi) is 7.52. The first-order valence-corrected chi connectivity index (χ1v) is 12.3. The van der Waals surface area contributed by atoms with Crippen molar-refractivity contribution in [2.24, 2.45) is 0 Å². The molecule has 4 aromatic rings. The predicted molar refractivity (Wildman–Crippen MR) is 145 cm³/mol. The second kappa shape index (κ2) is 11.5. The molecule has 1 aliphatic heterocycles. The zero-order valence-electron chi connectivity index (χ0n) is 20.6. The number of carbonyl (C=O) groups is 1. The number of fused-ring (bicyclic) bond motifs is 1. The van der Waals surface area contributed by atoms with E-state index in [1.165, 1.54) is 24.2 Å². The lowest BCUT2D eigenvalue weighted by molar-refractivity contribution is -0.0614. The number of H-pyrrole nitrogens is 1. The summed E-state index contributed by atoms with van der Waals surface area (Å²) in [6.07, 6.45) is 15.0. The number of benzene rings is 2. The van der Waals surface area contributed by atoms with Crippen molar-refractivity contribution >= 4 is 34.3 Å². The zero-order chi connectivity index (χ0) is 25.5. The third-order valence-electron chi connectivity index (χ3n) is 6.03. The molecule has 0 bridgehead atoms. The maximum atomic E-state index is 12.4. The van der Waals surface area contributed by atoms with Gasteiger partial charge in [-0.05, 0) is 49.9 Å². The predicted octanol–water partition coefficient (Wildman–Crippen LogP) is 6.13. The maximum absolute atomic E-state index is 12.4. The number of nitrogens with zero attached hydrogens (tertiary/aromatic N) is 4. The lowest BCUT2D eigenvalue weighted by Crippen LogP contribution is -2.31. The first-order valence-electron chi connectivity index (χ1n) is 12.3. The summed E-state index contributed by atoms with van der Waals surface area (Å²) < 4.78 is 0. The van der Waals surface area contributed by atoms with Crippen molar-refractivity contribution < 1.29 is 9.63 Å². The van der Waals surface area contributed by atoms with E-state index in [4.69, 9.17) is 4.84 Å². The highest BCUT2D eigenvalue weighted by molar-refractivity contribution is 5.93. The van der Waals surface area contributed by atoms with E-state index in [2.05, 4.69) is 54.9 Å². The van der Waals surface area contributed by atoms with Crippen LogP contribution < -0.4 is 10.6 Å². The molecule has 2 aromatic heterocycles. The van der Waals surface area contributed by atoms with Crippen molar-refractivity contribution in [3.63, 3.8) is 0 Å². The normalized spacial score (nSPS) is 14.4. The minimum Gasteiger partial charge on any atom is -0.355 e. The molecule has 9 heteroatoms. The number of allylic oxidation sites excluding steroid dienone is 4. The number of para-hydroxylation sites is 1. The van der Waals surface area contributed by atoms with Gasteiger partial charge in [0, 0.05) is 22.6 Å². The highest BCUT2D eigenvalue weighted by Crippen LogP contribution is 2.33. The van der Waals surface area contributed by atoms with Gasteiger partial charge in [-0.2, -0.15) is 0 Å². The summed E-state index contributed by atoms with van der Waals surface area (Å²) in [6, 6.07) is 13.4. The van der Waals surface area contributed by atoms with Crippen LogP contribution >= 0.6 is 0 Å². The van der Waals surface area contributed by atoms with Gasteiger partial charge >= 0.3 is 6.03 Å². The van der Waals surface area contributed by atoms with Crippen molar-refractivity contribution in [1.29, 1.82) is 0 Å². The van der Waals surface area contributed by atoms with Crippen LogP contribution in [0.25, 0.3) is 22.4 Å². The number of nitrogens with one attached hydrogen (secondary N) is 3. The SMILES string of the molecule is C1=CCCC=C1.Cc1ccc(NC(=O)N2CCCO2)cc1Nc1ccccc1-c1ncnc2nc[nH]c12. The molecule has 0 saturated carbocycles. The van der Waals surface area contributed by atoms with Crippen LogP contribution in [0.2, 0.25) is 0 Å². The average molecular weight is 496 g/mol. The molecule has 9 nitrogen and oxygen atoms in total. The standard InChI is InChI=1S/C22H21N7O2.C6H8/c1-14-7-8-15(27-22(30)29-9-4-10-31-29)11-18(14)28-17-6-3-2-5-16(17)19-20-21(25-12-23-19)26-13-24-20;1-2-4-6-5-3-1/h2-3,5-8,11-13,28H,4,9-10H2,1H3,(H,27,30)(H,23,24,25,26);1-4H,5-6H2. The van der Waals surface area contributed by atoms with Crippen LogP contribution in [-0.2, 0) is 4.84 Å². The Labute approximate surface area is 215 Å². The Morgan fingerprint density at radius 3 is 2.62 bits per heavy atom. The number of rotatable bonds is 4. The number of aromatic nitrogens is 4. The van der Waals surface area contributed by atoms with Gasteiger partial charge in [-0.25, -0.2) is 24.8 Å². The third kappa shape index (κ3) is 5.84. The maximum Gasteiger partial charge on any atom is 0.345 e. The molecular weight excluding hydrogens is 466 g/mol. The van der Waals surface area contributed by atoms with E-state index in [0.717, 1.165) is 40.1 Å². The molecule has 0 radical (unpaired) electrons. The average Bonchev–Trinajstić information content (AvgIpc) is 3.65. The van der Waals surface area contributed by atoms with Crippen LogP contribution in [0.5, 0.6) is 0 Å². The Balaban J connectivity index is 0.000000412. The van der Waals surface area contributed by atoms with Gasteiger partial charge in [0.25, 0.3) is 0 Å². The number of hydrogen-bond donors (Lipinski definition) is 3. The molecule has 1 saturated heterocycles. The van der Waals surface area contributed by atoms with Crippen LogP contribution in [0.4, 0.5) is 21.9 Å². The lowest BCUT2D eigenvalue weighted by atomic mass is 10.1. The number of carbonyl (C=O) groups excluding carboxylic acids is 1. The molecule has 3 heterocycles. The third-order valence-corrected chi connectivity index (χ3v) is 6.03. The molecule has 2 aromatic carbocycles. The second-order valence-electron chi connectivity index (χ2n) is 8.68. The summed E-state index contributed by atoms with van der Waals surface area (Å²) in [5.74, 6) is 0. The monoisotopic (exact) mass is 495 g/mol. The molecule has 3 N–H and O–H groups in total. The fourth-order valence-corrected chi connectivity index (χ4v) is 4.08. The molecule has 1 aliphatic carbocycles. The first kappa shape index (κ1) is 24.2. The van der Waals surface area contributed by atoms with Crippen molar-refractivity contribution in [3.05, 3.63) is 85.0 Å². The van der Waals surface area contributed by atoms with E-state index in [9.17, 15) is 4.79 Å². The van der Waals surface area contributed by atoms with Crippen molar-refractivity contribution in [3.8, 4) is 11.3 Å². The van der Waals surface area contributed by atoms with Crippen molar-refractivity contribution in [2.45, 2.75) is 26.2 Å². The summed E-state index contributed by atoms with van der Waals surface area (Å²) in [7, 11) is 0. The van der Waals surface area contributed by atoms with E-state index in [0.29, 0.717) is 24.5 Å². The number of aryl methyl sites for hydroxylation is 1. The van der Waals surface area contributed by atoms with Gasteiger partial charge in [0.05, 0.1) is 19.5 Å². The molecular formula is C28H29N7O2. The molecule has 0 spiro atoms. The summed E-state index contributed by atoms with van der Waals surface area (Å²) in [5, 5.41) is 7.74. The van der Waals surface area contributed by atoms with E-state index in [1.54, 1.807) is 6.33 Å². The van der Waals surface area contributed by atoms with Crippen LogP contribution in [0.3, 0.4) is 0 Å². The highest BCUT2D eigenvalue weighted by Gasteiger charge is 2.19. The van der Waals surface area contributed by atoms with E-state index in [1.807, 2.05) is 49.4 Å². The molecule has 1 fully saturated rings. The van der Waals surface area contributed by atoms with Crippen molar-refractivity contribution in [2.75, 3.05) is 23.8 Å². The summed E-state index contributed by atoms with van der Waals surface area (Å²) >= 11 is 0. The number of anilines is 3. The topological polar surface area (TPSA) is 108 Å². The first-order chi connectivity index (χ1) is 18.2. The van der Waals surface area contributed by atoms with Gasteiger partial charge in [0.1, 0.15) is 17.5 Å². The smallest absolute Gasteiger partial charge is 0.345 e. The van der Waals surface area contributed by atoms with Crippen molar-refractivity contribution in [1.82, 2.24) is 25.0 Å². The Morgan fingerprint density at radius 1 is 1.03 bits per heavy atom. The number of hydroxylamine groups is 2. The van der Waals surface area contributed by atoms with Gasteiger partial charge in [0.2, 0.25) is 0 Å². The zero-order valence-corrected chi connectivity index (χ0v) is 20.6. The quantitative estimate of drug-likeness (QED) is 0.314. The fourth-order valence-electron chi connectivity index (χ4n) is 4.08. The van der Waals surface area contributed by atoms with E-state index >= 15 is 0 Å². The number of aromatic amines is 1. The Hall–Kier alpha value is -4.50. The van der Waals surface area contributed by atoms with Gasteiger partial charge < -0.3 is 15.6 Å². The molecule has 2 aliphatic rings. The Morgan fingerprint density at radius 2 is 1.86 bits per heavy atom. The molecule has 2 amide bonds. The molecule has 0 unspecified atom stereocenters. The van der Waals surface area contributed by atoms with Crippen LogP contribution in [-0.4, -0.2) is 44.2 Å². The molecule has 37 heavy (non-hydrogen) atoms. The highest BCUT2D eigenvalue weighted by atomic mass is 16.7. The number of amides is 2. The lowest BCUT2D eigenvalue weighted by Gasteiger charge is -2.17. The second-order valence-corrected chi connectivity index (χ2v) is 8.68. The summed E-state index contributed by atoms with van der Waals surface area (Å²) in [5.41, 5.74) is 6.56. The van der Waals surface area contributed by atoms with Gasteiger partial charge in [0.15, 0.2) is 5.65 Å². The largest absolute Gasteiger partial charge is 0.355 e. The number of imidazole rings is 1. The summed E-state index contributed by atoms with van der Waals surface area (Å²) in [6.45, 7) is 3.17. The molecule has 6 rings (SSSR count). The van der Waals surface area contributed by atoms with Crippen LogP contribution in [0, 0.1) is 6.92 Å². The number of hydrogen-bond acceptors (Lipinski definition) is 6. The van der Waals surface area contributed by atoms with E-state index in [-0.39, 0.29) is 6.03 Å². The summed E-state index contributed by atoms with van der Waals surface area (Å²) in [4.78, 5) is 33.7. The van der Waals surface area contributed by atoms with E-state index < -0.39 is 0 Å². The number of urea groups is 1. The fraction of sp³-hybridized carbons (Fsp3) is 0.214. The minimum absolute atomic E-state index is 0.268. The molecule has 188 valence electrons.